The quantitative estimate of drug-likeness (QED) is 0.803. The number of nitrogens with one attached hydrogen (secondary N) is 1. The molecule has 6 nitrogen and oxygen atoms in total. The lowest BCUT2D eigenvalue weighted by Gasteiger charge is -2.10. The summed E-state index contributed by atoms with van der Waals surface area (Å²) < 4.78 is 30.2. The summed E-state index contributed by atoms with van der Waals surface area (Å²) in [4.78, 5) is 16.5. The third kappa shape index (κ3) is 3.10. The first-order valence-corrected chi connectivity index (χ1v) is 6.70. The van der Waals surface area contributed by atoms with Gasteiger partial charge in [0, 0.05) is 18.1 Å². The molecular weight excluding hydrogens is 306 g/mol. The fraction of sp³-hybridized carbons (Fsp3) is 0.133. The van der Waals surface area contributed by atoms with Crippen LogP contribution in [0.15, 0.2) is 42.9 Å². The molecule has 0 aliphatic heterocycles. The number of ether oxygens (including phenoxy) is 1. The monoisotopic (exact) mass is 318 g/mol. The molecule has 1 N–H and O–H groups in total. The van der Waals surface area contributed by atoms with Gasteiger partial charge < -0.3 is 10.1 Å². The molecule has 0 saturated carbocycles. The van der Waals surface area contributed by atoms with Gasteiger partial charge in [0.1, 0.15) is 11.3 Å². The van der Waals surface area contributed by atoms with E-state index in [1.165, 1.54) is 28.9 Å². The minimum Gasteiger partial charge on any atom is -0.435 e. The van der Waals surface area contributed by atoms with Crippen LogP contribution in [0.25, 0.3) is 5.65 Å². The Balaban J connectivity index is 1.83. The van der Waals surface area contributed by atoms with E-state index in [0.29, 0.717) is 22.5 Å². The summed E-state index contributed by atoms with van der Waals surface area (Å²) in [5.74, 6) is -0.350. The van der Waals surface area contributed by atoms with E-state index in [1.54, 1.807) is 25.4 Å². The number of benzene rings is 1. The minimum absolute atomic E-state index is 0.0353. The molecule has 0 fully saturated rings. The summed E-state index contributed by atoms with van der Waals surface area (Å²) >= 11 is 0. The Morgan fingerprint density at radius 3 is 2.96 bits per heavy atom. The summed E-state index contributed by atoms with van der Waals surface area (Å²) in [7, 11) is 0. The van der Waals surface area contributed by atoms with E-state index in [2.05, 4.69) is 20.1 Å². The molecule has 0 aliphatic rings. The van der Waals surface area contributed by atoms with Crippen LogP contribution in [0.1, 0.15) is 15.9 Å². The van der Waals surface area contributed by atoms with E-state index in [-0.39, 0.29) is 11.7 Å². The Hall–Kier alpha value is -3.03. The Labute approximate surface area is 129 Å². The van der Waals surface area contributed by atoms with Crippen LogP contribution in [0.5, 0.6) is 5.75 Å². The second-order valence-corrected chi connectivity index (χ2v) is 4.76. The zero-order valence-electron chi connectivity index (χ0n) is 12.0. The highest BCUT2D eigenvalue weighted by molar-refractivity contribution is 6.08. The SMILES string of the molecule is Cc1cc(OC(F)F)ccc1NC(=O)c1cnn2cccnc12. The van der Waals surface area contributed by atoms with Crippen LogP contribution in [0.2, 0.25) is 0 Å². The molecule has 8 heteroatoms. The van der Waals surface area contributed by atoms with Crippen LogP contribution in [0.4, 0.5) is 14.5 Å². The summed E-state index contributed by atoms with van der Waals surface area (Å²) in [6, 6.07) is 6.00. The van der Waals surface area contributed by atoms with Crippen LogP contribution in [0, 0.1) is 6.92 Å². The molecule has 0 spiro atoms. The van der Waals surface area contributed by atoms with Gasteiger partial charge >= 0.3 is 6.61 Å². The smallest absolute Gasteiger partial charge is 0.387 e. The second kappa shape index (κ2) is 5.99. The number of nitrogens with zero attached hydrogens (tertiary/aromatic N) is 3. The van der Waals surface area contributed by atoms with Crippen molar-refractivity contribution in [1.29, 1.82) is 0 Å². The fourth-order valence-corrected chi connectivity index (χ4v) is 2.13. The first-order valence-electron chi connectivity index (χ1n) is 6.70. The number of rotatable bonds is 4. The standard InChI is InChI=1S/C15H12F2N4O2/c1-9-7-10(23-15(16)17)3-4-12(9)20-14(22)11-8-19-21-6-2-5-18-13(11)21/h2-8,15H,1H3,(H,20,22). The number of hydrogen-bond donors (Lipinski definition) is 1. The van der Waals surface area contributed by atoms with Crippen LogP contribution < -0.4 is 10.1 Å². The number of carbonyl (C=O) groups excluding carboxylic acids is 1. The largest absolute Gasteiger partial charge is 0.435 e. The van der Waals surface area contributed by atoms with Gasteiger partial charge in [0.15, 0.2) is 5.65 Å². The minimum atomic E-state index is -2.89. The van der Waals surface area contributed by atoms with Crippen LogP contribution in [-0.4, -0.2) is 27.1 Å². The maximum Gasteiger partial charge on any atom is 0.387 e. The number of hydrogen-bond acceptors (Lipinski definition) is 4. The van der Waals surface area contributed by atoms with E-state index < -0.39 is 6.61 Å². The van der Waals surface area contributed by atoms with Crippen LogP contribution >= 0.6 is 0 Å². The molecule has 0 atom stereocenters. The summed E-state index contributed by atoms with van der Waals surface area (Å²) in [6.45, 7) is -1.21. The van der Waals surface area contributed by atoms with Gasteiger partial charge in [0.25, 0.3) is 5.91 Å². The van der Waals surface area contributed by atoms with Crippen molar-refractivity contribution in [3.8, 4) is 5.75 Å². The van der Waals surface area contributed by atoms with E-state index in [9.17, 15) is 13.6 Å². The topological polar surface area (TPSA) is 68.5 Å². The summed E-state index contributed by atoms with van der Waals surface area (Å²) in [6.07, 6.45) is 4.66. The van der Waals surface area contributed by atoms with Gasteiger partial charge in [-0.2, -0.15) is 13.9 Å². The summed E-state index contributed by atoms with van der Waals surface area (Å²) in [5, 5.41) is 6.75. The van der Waals surface area contributed by atoms with Gasteiger partial charge in [-0.05, 0) is 36.8 Å². The predicted molar refractivity (Wildman–Crippen MR) is 78.8 cm³/mol. The molecule has 3 aromatic rings. The third-order valence-corrected chi connectivity index (χ3v) is 3.20. The maximum absolute atomic E-state index is 12.3. The molecule has 0 radical (unpaired) electrons. The molecule has 118 valence electrons. The lowest BCUT2D eigenvalue weighted by atomic mass is 10.2. The highest BCUT2D eigenvalue weighted by atomic mass is 19.3. The van der Waals surface area contributed by atoms with Gasteiger partial charge in [-0.3, -0.25) is 4.79 Å². The third-order valence-electron chi connectivity index (χ3n) is 3.20. The van der Waals surface area contributed by atoms with Crippen molar-refractivity contribution in [3.05, 3.63) is 54.0 Å². The van der Waals surface area contributed by atoms with Crippen molar-refractivity contribution in [2.45, 2.75) is 13.5 Å². The predicted octanol–water partition coefficient (Wildman–Crippen LogP) is 2.89. The molecule has 2 heterocycles. The molecule has 0 saturated heterocycles. The molecule has 2 aromatic heterocycles. The van der Waals surface area contributed by atoms with Gasteiger partial charge in [-0.15, -0.1) is 0 Å². The first-order chi connectivity index (χ1) is 11.0. The zero-order chi connectivity index (χ0) is 16.4. The molecule has 0 unspecified atom stereocenters. The Kier molecular flexibility index (Phi) is 3.88. The highest BCUT2D eigenvalue weighted by Crippen LogP contribution is 2.23. The lowest BCUT2D eigenvalue weighted by molar-refractivity contribution is -0.0498. The highest BCUT2D eigenvalue weighted by Gasteiger charge is 2.15. The van der Waals surface area contributed by atoms with Gasteiger partial charge in [-0.1, -0.05) is 0 Å². The lowest BCUT2D eigenvalue weighted by Crippen LogP contribution is -2.13. The molecule has 0 bridgehead atoms. The molecule has 3 rings (SSSR count). The van der Waals surface area contributed by atoms with E-state index >= 15 is 0 Å². The maximum atomic E-state index is 12.3. The van der Waals surface area contributed by atoms with Gasteiger partial charge in [0.2, 0.25) is 0 Å². The van der Waals surface area contributed by atoms with E-state index in [1.807, 2.05) is 0 Å². The molecule has 1 aromatic carbocycles. The van der Waals surface area contributed by atoms with E-state index in [0.717, 1.165) is 0 Å². The van der Waals surface area contributed by atoms with Crippen molar-refractivity contribution in [2.75, 3.05) is 5.32 Å². The molecule has 23 heavy (non-hydrogen) atoms. The average Bonchev–Trinajstić information content (AvgIpc) is 2.93. The number of fused-ring (bicyclic) bond motifs is 1. The zero-order valence-corrected chi connectivity index (χ0v) is 12.0. The Bertz CT molecular complexity index is 864. The van der Waals surface area contributed by atoms with Crippen molar-refractivity contribution < 1.29 is 18.3 Å². The number of alkyl halides is 2. The van der Waals surface area contributed by atoms with Crippen molar-refractivity contribution in [1.82, 2.24) is 14.6 Å². The van der Waals surface area contributed by atoms with Crippen molar-refractivity contribution >= 4 is 17.2 Å². The number of aromatic nitrogens is 3. The van der Waals surface area contributed by atoms with Gasteiger partial charge in [-0.25, -0.2) is 9.50 Å². The van der Waals surface area contributed by atoms with Crippen LogP contribution in [0.3, 0.4) is 0 Å². The number of anilines is 1. The number of aryl methyl sites for hydroxylation is 1. The molecule has 0 aliphatic carbocycles. The van der Waals surface area contributed by atoms with Crippen LogP contribution in [-0.2, 0) is 0 Å². The van der Waals surface area contributed by atoms with Crippen molar-refractivity contribution in [2.24, 2.45) is 0 Å². The number of carbonyl (C=O) groups is 1. The van der Waals surface area contributed by atoms with Gasteiger partial charge in [0.05, 0.1) is 6.20 Å². The fourth-order valence-electron chi connectivity index (χ4n) is 2.13. The first kappa shape index (κ1) is 14.9. The molecule has 1 amide bonds. The van der Waals surface area contributed by atoms with E-state index in [4.69, 9.17) is 0 Å². The Morgan fingerprint density at radius 2 is 2.22 bits per heavy atom. The number of halogens is 2. The Morgan fingerprint density at radius 1 is 1.39 bits per heavy atom. The normalized spacial score (nSPS) is 11.0. The average molecular weight is 318 g/mol. The second-order valence-electron chi connectivity index (χ2n) is 4.76. The summed E-state index contributed by atoms with van der Waals surface area (Å²) in [5.41, 5.74) is 1.84. The van der Waals surface area contributed by atoms with Crippen molar-refractivity contribution in [3.63, 3.8) is 0 Å². The molecular formula is C15H12F2N4O2. The number of amides is 1.